The summed E-state index contributed by atoms with van der Waals surface area (Å²) in [5, 5.41) is 11.8. The van der Waals surface area contributed by atoms with E-state index in [9.17, 15) is 0 Å². The maximum Gasteiger partial charge on any atom is 0.119 e. The van der Waals surface area contributed by atoms with E-state index in [4.69, 9.17) is 4.74 Å². The van der Waals surface area contributed by atoms with Crippen molar-refractivity contribution in [1.82, 2.24) is 20.3 Å². The van der Waals surface area contributed by atoms with E-state index in [1.54, 1.807) is 0 Å². The van der Waals surface area contributed by atoms with Gasteiger partial charge in [0.05, 0.1) is 25.0 Å². The molecule has 0 atom stereocenters. The Hall–Kier alpha value is -1.88. The third-order valence-corrected chi connectivity index (χ3v) is 3.60. The molecule has 21 heavy (non-hydrogen) atoms. The van der Waals surface area contributed by atoms with E-state index in [0.29, 0.717) is 6.61 Å². The SMILES string of the molecule is CCOc1ccc(Cn2cc(CNCC3CC3)nn2)cc1. The van der Waals surface area contributed by atoms with Crippen LogP contribution in [0.5, 0.6) is 5.75 Å². The summed E-state index contributed by atoms with van der Waals surface area (Å²) in [6.07, 6.45) is 4.76. The van der Waals surface area contributed by atoms with Crippen LogP contribution in [0, 0.1) is 5.92 Å². The fraction of sp³-hybridized carbons (Fsp3) is 0.500. The van der Waals surface area contributed by atoms with E-state index >= 15 is 0 Å². The van der Waals surface area contributed by atoms with Gasteiger partial charge >= 0.3 is 0 Å². The molecule has 0 radical (unpaired) electrons. The minimum absolute atomic E-state index is 0.694. The standard InChI is InChI=1S/C16H22N4O/c1-2-21-16-7-5-14(6-8-16)11-20-12-15(18-19-20)10-17-9-13-3-4-13/h5-8,12-13,17H,2-4,9-11H2,1H3. The van der Waals surface area contributed by atoms with Crippen LogP contribution in [-0.4, -0.2) is 28.1 Å². The first-order valence-corrected chi connectivity index (χ1v) is 7.65. The van der Waals surface area contributed by atoms with Gasteiger partial charge in [0.1, 0.15) is 5.75 Å². The third-order valence-electron chi connectivity index (χ3n) is 3.60. The molecule has 1 saturated carbocycles. The molecule has 2 aromatic rings. The molecule has 0 spiro atoms. The maximum absolute atomic E-state index is 5.44. The molecule has 112 valence electrons. The minimum Gasteiger partial charge on any atom is -0.494 e. The van der Waals surface area contributed by atoms with Gasteiger partial charge < -0.3 is 10.1 Å². The van der Waals surface area contributed by atoms with Crippen molar-refractivity contribution in [3.8, 4) is 5.75 Å². The molecule has 1 N–H and O–H groups in total. The predicted octanol–water partition coefficient (Wildman–Crippen LogP) is 2.22. The van der Waals surface area contributed by atoms with Crippen LogP contribution in [0.3, 0.4) is 0 Å². The van der Waals surface area contributed by atoms with Gasteiger partial charge in [-0.25, -0.2) is 4.68 Å². The average molecular weight is 286 g/mol. The van der Waals surface area contributed by atoms with Gasteiger partial charge in [-0.1, -0.05) is 17.3 Å². The monoisotopic (exact) mass is 286 g/mol. The summed E-state index contributed by atoms with van der Waals surface area (Å²) in [7, 11) is 0. The summed E-state index contributed by atoms with van der Waals surface area (Å²) in [6.45, 7) is 5.33. The van der Waals surface area contributed by atoms with Gasteiger partial charge in [0.25, 0.3) is 0 Å². The normalized spacial score (nSPS) is 14.3. The quantitative estimate of drug-likeness (QED) is 0.808. The number of ether oxygens (including phenoxy) is 1. The van der Waals surface area contributed by atoms with Crippen molar-refractivity contribution in [1.29, 1.82) is 0 Å². The number of hydrogen-bond acceptors (Lipinski definition) is 4. The lowest BCUT2D eigenvalue weighted by molar-refractivity contribution is 0.340. The molecule has 0 amide bonds. The van der Waals surface area contributed by atoms with Crippen molar-refractivity contribution in [2.75, 3.05) is 13.2 Å². The van der Waals surface area contributed by atoms with Crippen molar-refractivity contribution >= 4 is 0 Å². The Kier molecular flexibility index (Phi) is 4.50. The van der Waals surface area contributed by atoms with Gasteiger partial charge in [-0.3, -0.25) is 0 Å². The van der Waals surface area contributed by atoms with Crippen LogP contribution in [0.25, 0.3) is 0 Å². The number of benzene rings is 1. The van der Waals surface area contributed by atoms with Gasteiger partial charge in [0, 0.05) is 6.54 Å². The first-order chi connectivity index (χ1) is 10.3. The van der Waals surface area contributed by atoms with E-state index in [1.165, 1.54) is 18.4 Å². The van der Waals surface area contributed by atoms with Crippen molar-refractivity contribution in [3.63, 3.8) is 0 Å². The van der Waals surface area contributed by atoms with Gasteiger partial charge in [-0.15, -0.1) is 5.10 Å². The molecule has 0 unspecified atom stereocenters. The number of hydrogen-bond donors (Lipinski definition) is 1. The van der Waals surface area contributed by atoms with E-state index < -0.39 is 0 Å². The number of aromatic nitrogens is 3. The lowest BCUT2D eigenvalue weighted by Crippen LogP contribution is -2.16. The van der Waals surface area contributed by atoms with Crippen LogP contribution in [-0.2, 0) is 13.1 Å². The van der Waals surface area contributed by atoms with Crippen molar-refractivity contribution in [2.24, 2.45) is 5.92 Å². The minimum atomic E-state index is 0.694. The van der Waals surface area contributed by atoms with Gasteiger partial charge in [0.2, 0.25) is 0 Å². The number of nitrogens with one attached hydrogen (secondary N) is 1. The molecule has 5 nitrogen and oxygen atoms in total. The Morgan fingerprint density at radius 3 is 2.81 bits per heavy atom. The highest BCUT2D eigenvalue weighted by atomic mass is 16.5. The molecule has 1 fully saturated rings. The molecule has 0 saturated heterocycles. The second-order valence-electron chi connectivity index (χ2n) is 5.56. The highest BCUT2D eigenvalue weighted by molar-refractivity contribution is 5.27. The Morgan fingerprint density at radius 1 is 1.29 bits per heavy atom. The first-order valence-electron chi connectivity index (χ1n) is 7.65. The summed E-state index contributed by atoms with van der Waals surface area (Å²) in [6, 6.07) is 8.12. The fourth-order valence-electron chi connectivity index (χ4n) is 2.27. The molecule has 0 aliphatic heterocycles. The van der Waals surface area contributed by atoms with Crippen LogP contribution < -0.4 is 10.1 Å². The Balaban J connectivity index is 1.50. The van der Waals surface area contributed by atoms with E-state index in [1.807, 2.05) is 29.9 Å². The summed E-state index contributed by atoms with van der Waals surface area (Å²) in [4.78, 5) is 0. The zero-order valence-electron chi connectivity index (χ0n) is 12.5. The number of nitrogens with zero attached hydrogens (tertiary/aromatic N) is 3. The fourth-order valence-corrected chi connectivity index (χ4v) is 2.27. The summed E-state index contributed by atoms with van der Waals surface area (Å²) in [5.74, 6) is 1.80. The predicted molar refractivity (Wildman–Crippen MR) is 81.2 cm³/mol. The second kappa shape index (κ2) is 6.72. The molecule has 3 rings (SSSR count). The van der Waals surface area contributed by atoms with Crippen LogP contribution in [0.4, 0.5) is 0 Å². The van der Waals surface area contributed by atoms with E-state index in [2.05, 4.69) is 27.8 Å². The van der Waals surface area contributed by atoms with Gasteiger partial charge in [0.15, 0.2) is 0 Å². The highest BCUT2D eigenvalue weighted by Gasteiger charge is 2.20. The first kappa shape index (κ1) is 14.1. The maximum atomic E-state index is 5.44. The van der Waals surface area contributed by atoms with Crippen molar-refractivity contribution in [3.05, 3.63) is 41.7 Å². The van der Waals surface area contributed by atoms with Crippen LogP contribution in [0.15, 0.2) is 30.5 Å². The molecule has 1 aliphatic rings. The molecular weight excluding hydrogens is 264 g/mol. The average Bonchev–Trinajstić information content (AvgIpc) is 3.21. The van der Waals surface area contributed by atoms with Gasteiger partial charge in [-0.05, 0) is 49.9 Å². The molecule has 1 aliphatic carbocycles. The van der Waals surface area contributed by atoms with E-state index in [-0.39, 0.29) is 0 Å². The third kappa shape index (κ3) is 4.29. The lowest BCUT2D eigenvalue weighted by atomic mass is 10.2. The van der Waals surface area contributed by atoms with Crippen LogP contribution >= 0.6 is 0 Å². The summed E-state index contributed by atoms with van der Waals surface area (Å²) < 4.78 is 7.32. The van der Waals surface area contributed by atoms with Crippen LogP contribution in [0.2, 0.25) is 0 Å². The molecule has 1 heterocycles. The Bertz CT molecular complexity index is 560. The van der Waals surface area contributed by atoms with Crippen molar-refractivity contribution in [2.45, 2.75) is 32.9 Å². The second-order valence-corrected chi connectivity index (χ2v) is 5.56. The molecule has 0 bridgehead atoms. The summed E-state index contributed by atoms with van der Waals surface area (Å²) >= 11 is 0. The smallest absolute Gasteiger partial charge is 0.119 e. The lowest BCUT2D eigenvalue weighted by Gasteiger charge is -2.04. The molecule has 5 heteroatoms. The molecule has 1 aromatic carbocycles. The Labute approximate surface area is 125 Å². The molecule has 1 aromatic heterocycles. The zero-order valence-corrected chi connectivity index (χ0v) is 12.5. The van der Waals surface area contributed by atoms with Crippen LogP contribution in [0.1, 0.15) is 31.0 Å². The van der Waals surface area contributed by atoms with E-state index in [0.717, 1.165) is 37.0 Å². The Morgan fingerprint density at radius 2 is 2.10 bits per heavy atom. The van der Waals surface area contributed by atoms with Gasteiger partial charge in [-0.2, -0.15) is 0 Å². The van der Waals surface area contributed by atoms with Crippen molar-refractivity contribution < 1.29 is 4.74 Å². The zero-order chi connectivity index (χ0) is 14.5. The highest BCUT2D eigenvalue weighted by Crippen LogP contribution is 2.27. The number of rotatable bonds is 8. The topological polar surface area (TPSA) is 52.0 Å². The largest absolute Gasteiger partial charge is 0.494 e. The summed E-state index contributed by atoms with van der Waals surface area (Å²) in [5.41, 5.74) is 2.20. The molecular formula is C16H22N4O.